The van der Waals surface area contributed by atoms with Crippen molar-refractivity contribution in [1.29, 1.82) is 0 Å². The van der Waals surface area contributed by atoms with Gasteiger partial charge in [0.05, 0.1) is 15.5 Å². The number of nitro groups is 1. The van der Waals surface area contributed by atoms with Crippen molar-refractivity contribution in [2.75, 3.05) is 0 Å². The predicted octanol–water partition coefficient (Wildman–Crippen LogP) is 3.05. The van der Waals surface area contributed by atoms with E-state index in [0.29, 0.717) is 0 Å². The van der Waals surface area contributed by atoms with E-state index in [9.17, 15) is 23.7 Å². The van der Waals surface area contributed by atoms with Crippen LogP contribution in [0.15, 0.2) is 12.1 Å². The van der Waals surface area contributed by atoms with Crippen molar-refractivity contribution >= 4 is 23.1 Å². The van der Waals surface area contributed by atoms with E-state index >= 15 is 0 Å². The second kappa shape index (κ2) is 5.05. The molecule has 0 saturated heterocycles. The van der Waals surface area contributed by atoms with Crippen LogP contribution in [-0.2, 0) is 0 Å². The molecule has 0 aromatic heterocycles. The maximum atomic E-state index is 12.0. The third kappa shape index (κ3) is 3.10. The van der Waals surface area contributed by atoms with Gasteiger partial charge in [0.1, 0.15) is 5.75 Å². The number of carbonyl (C=O) groups is 1. The predicted molar refractivity (Wildman–Crippen MR) is 54.7 cm³/mol. The molecule has 0 atom stereocenters. The summed E-state index contributed by atoms with van der Waals surface area (Å²) in [6.07, 6.45) is 0. The molecule has 0 unspecified atom stereocenters. The highest BCUT2D eigenvalue weighted by atomic mass is 35.5. The van der Waals surface area contributed by atoms with E-state index in [2.05, 4.69) is 4.74 Å². The fourth-order valence-corrected chi connectivity index (χ4v) is 1.36. The summed E-state index contributed by atoms with van der Waals surface area (Å²) in [5.74, 6) is -1.12. The lowest BCUT2D eigenvalue weighted by Gasteiger charge is -2.08. The van der Waals surface area contributed by atoms with Gasteiger partial charge in [-0.15, -0.1) is 0 Å². The van der Waals surface area contributed by atoms with Crippen molar-refractivity contribution in [2.45, 2.75) is 13.5 Å². The smallest absolute Gasteiger partial charge is 0.387 e. The molecule has 0 fully saturated rings. The van der Waals surface area contributed by atoms with E-state index in [1.54, 1.807) is 0 Å². The summed E-state index contributed by atoms with van der Waals surface area (Å²) in [6, 6.07) is 1.63. The quantitative estimate of drug-likeness (QED) is 0.477. The van der Waals surface area contributed by atoms with Gasteiger partial charge in [-0.3, -0.25) is 14.9 Å². The lowest BCUT2D eigenvalue weighted by molar-refractivity contribution is -0.385. The second-order valence-corrected chi connectivity index (χ2v) is 3.40. The van der Waals surface area contributed by atoms with Gasteiger partial charge in [0.2, 0.25) is 0 Å². The molecular formula is C9H6ClF2NO4. The van der Waals surface area contributed by atoms with E-state index in [-0.39, 0.29) is 10.6 Å². The summed E-state index contributed by atoms with van der Waals surface area (Å²) in [4.78, 5) is 20.9. The third-order valence-electron chi connectivity index (χ3n) is 1.84. The molecule has 0 saturated carbocycles. The summed E-state index contributed by atoms with van der Waals surface area (Å²) in [5.41, 5.74) is -0.890. The normalized spacial score (nSPS) is 10.4. The van der Waals surface area contributed by atoms with Gasteiger partial charge in [-0.05, 0) is 13.0 Å². The van der Waals surface area contributed by atoms with Crippen molar-refractivity contribution in [1.82, 2.24) is 0 Å². The fourth-order valence-electron chi connectivity index (χ4n) is 1.16. The van der Waals surface area contributed by atoms with Crippen molar-refractivity contribution in [3.8, 4) is 5.75 Å². The highest BCUT2D eigenvalue weighted by Gasteiger charge is 2.22. The van der Waals surface area contributed by atoms with E-state index < -0.39 is 28.8 Å². The molecule has 0 aliphatic rings. The first-order valence-electron chi connectivity index (χ1n) is 4.26. The maximum absolute atomic E-state index is 12.0. The van der Waals surface area contributed by atoms with Gasteiger partial charge in [-0.1, -0.05) is 11.6 Å². The van der Waals surface area contributed by atoms with Gasteiger partial charge in [0.15, 0.2) is 5.78 Å². The Hall–Kier alpha value is -1.76. The molecule has 0 heterocycles. The van der Waals surface area contributed by atoms with Crippen molar-refractivity contribution in [3.63, 3.8) is 0 Å². The monoisotopic (exact) mass is 265 g/mol. The molecule has 0 spiro atoms. The number of nitrogens with zero attached hydrogens (tertiary/aromatic N) is 1. The first-order chi connectivity index (χ1) is 7.82. The molecule has 1 rings (SSSR count). The van der Waals surface area contributed by atoms with Crippen LogP contribution in [0.2, 0.25) is 5.02 Å². The van der Waals surface area contributed by atoms with Gasteiger partial charge in [-0.25, -0.2) is 0 Å². The van der Waals surface area contributed by atoms with Crippen molar-refractivity contribution in [3.05, 3.63) is 32.8 Å². The number of hydrogen-bond acceptors (Lipinski definition) is 4. The minimum absolute atomic E-state index is 0.338. The molecule has 17 heavy (non-hydrogen) atoms. The molecule has 0 aliphatic heterocycles. The van der Waals surface area contributed by atoms with Gasteiger partial charge < -0.3 is 4.74 Å². The number of hydrogen-bond donors (Lipinski definition) is 0. The molecular weight excluding hydrogens is 260 g/mol. The minimum Gasteiger partial charge on any atom is -0.433 e. The molecule has 0 radical (unpaired) electrons. The van der Waals surface area contributed by atoms with Gasteiger partial charge in [0, 0.05) is 6.07 Å². The molecule has 92 valence electrons. The van der Waals surface area contributed by atoms with Crippen molar-refractivity contribution in [2.24, 2.45) is 0 Å². The number of alkyl halides is 2. The van der Waals surface area contributed by atoms with Crippen LogP contribution in [0.4, 0.5) is 14.5 Å². The highest BCUT2D eigenvalue weighted by molar-refractivity contribution is 6.32. The Bertz CT molecular complexity index is 478. The van der Waals surface area contributed by atoms with Crippen LogP contribution >= 0.6 is 11.6 Å². The topological polar surface area (TPSA) is 69.4 Å². The SMILES string of the molecule is CC(=O)c1cc(OC(F)F)c(Cl)cc1[N+](=O)[O-]. The molecule has 8 heteroatoms. The van der Waals surface area contributed by atoms with E-state index in [0.717, 1.165) is 19.1 Å². The van der Waals surface area contributed by atoms with E-state index in [1.807, 2.05) is 0 Å². The molecule has 0 bridgehead atoms. The number of ketones is 1. The Balaban J connectivity index is 3.34. The zero-order valence-corrected chi connectivity index (χ0v) is 9.20. The van der Waals surface area contributed by atoms with Gasteiger partial charge in [0.25, 0.3) is 5.69 Å². The third-order valence-corrected chi connectivity index (χ3v) is 2.14. The first-order valence-corrected chi connectivity index (χ1v) is 4.64. The molecule has 1 aromatic carbocycles. The number of nitro benzene ring substituents is 1. The Labute approximate surface area is 99.1 Å². The summed E-state index contributed by atoms with van der Waals surface area (Å²) >= 11 is 5.52. The Morgan fingerprint density at radius 1 is 1.53 bits per heavy atom. The molecule has 5 nitrogen and oxygen atoms in total. The maximum Gasteiger partial charge on any atom is 0.387 e. The zero-order chi connectivity index (χ0) is 13.2. The van der Waals surface area contributed by atoms with Crippen LogP contribution in [0.25, 0.3) is 0 Å². The molecule has 0 aliphatic carbocycles. The number of Topliss-reactive ketones (excluding diaryl/α,β-unsaturated/α-hetero) is 1. The zero-order valence-electron chi connectivity index (χ0n) is 8.45. The molecule has 0 amide bonds. The summed E-state index contributed by atoms with van der Waals surface area (Å²) < 4.78 is 28.0. The Morgan fingerprint density at radius 2 is 2.12 bits per heavy atom. The first kappa shape index (κ1) is 13.3. The van der Waals surface area contributed by atoms with Crippen LogP contribution in [0.3, 0.4) is 0 Å². The highest BCUT2D eigenvalue weighted by Crippen LogP contribution is 2.33. The van der Waals surface area contributed by atoms with Crippen LogP contribution in [0, 0.1) is 10.1 Å². The number of ether oxygens (including phenoxy) is 1. The van der Waals surface area contributed by atoms with E-state index in [4.69, 9.17) is 11.6 Å². The summed E-state index contributed by atoms with van der Waals surface area (Å²) in [7, 11) is 0. The number of rotatable bonds is 4. The minimum atomic E-state index is -3.13. The summed E-state index contributed by atoms with van der Waals surface area (Å²) in [6.45, 7) is -2.06. The van der Waals surface area contributed by atoms with Crippen LogP contribution in [0.1, 0.15) is 17.3 Å². The van der Waals surface area contributed by atoms with Gasteiger partial charge >= 0.3 is 6.61 Å². The van der Waals surface area contributed by atoms with Crippen LogP contribution in [0.5, 0.6) is 5.75 Å². The second-order valence-electron chi connectivity index (χ2n) is 2.99. The average molecular weight is 266 g/mol. The summed E-state index contributed by atoms with van der Waals surface area (Å²) in [5, 5.41) is 10.3. The van der Waals surface area contributed by atoms with E-state index in [1.165, 1.54) is 0 Å². The van der Waals surface area contributed by atoms with Crippen LogP contribution < -0.4 is 4.74 Å². The number of benzene rings is 1. The van der Waals surface area contributed by atoms with Gasteiger partial charge in [-0.2, -0.15) is 8.78 Å². The lowest BCUT2D eigenvalue weighted by atomic mass is 10.1. The molecule has 0 N–H and O–H groups in total. The van der Waals surface area contributed by atoms with Crippen molar-refractivity contribution < 1.29 is 23.2 Å². The Kier molecular flexibility index (Phi) is 3.95. The van der Waals surface area contributed by atoms with Crippen LogP contribution in [-0.4, -0.2) is 17.3 Å². The molecule has 1 aromatic rings. The largest absolute Gasteiger partial charge is 0.433 e. The standard InChI is InChI=1S/C9H6ClF2NO4/c1-4(14)5-2-8(17-9(11)12)6(10)3-7(5)13(15)16/h2-3,9H,1H3. The number of halogens is 3. The average Bonchev–Trinajstić information content (AvgIpc) is 2.19. The lowest BCUT2D eigenvalue weighted by Crippen LogP contribution is -2.06. The Morgan fingerprint density at radius 3 is 2.53 bits per heavy atom. The fraction of sp³-hybridized carbons (Fsp3) is 0.222. The number of carbonyl (C=O) groups excluding carboxylic acids is 1.